The Hall–Kier alpha value is -2.78. The van der Waals surface area contributed by atoms with Gasteiger partial charge < -0.3 is 10.2 Å². The number of anilines is 2. The number of nitrogens with one attached hydrogen (secondary N) is 1. The molecule has 3 aromatic heterocycles. The minimum absolute atomic E-state index is 0.295. The molecule has 0 amide bonds. The number of pyridine rings is 1. The highest BCUT2D eigenvalue weighted by molar-refractivity contribution is 7.09. The van der Waals surface area contributed by atoms with Crippen molar-refractivity contribution in [3.05, 3.63) is 52.7 Å². The van der Waals surface area contributed by atoms with E-state index in [1.165, 1.54) is 36.5 Å². The van der Waals surface area contributed by atoms with Crippen LogP contribution in [0.1, 0.15) is 37.1 Å². The molecular formula is C23H23ClFN7S. The highest BCUT2D eigenvalue weighted by Crippen LogP contribution is 2.40. The van der Waals surface area contributed by atoms with Crippen molar-refractivity contribution in [3.8, 4) is 11.1 Å². The molecule has 2 saturated heterocycles. The van der Waals surface area contributed by atoms with E-state index in [1.54, 1.807) is 10.6 Å². The molecule has 0 spiro atoms. The number of halogens is 2. The number of benzene rings is 1. The second-order valence-corrected chi connectivity index (χ2v) is 10.1. The molecule has 2 unspecified atom stereocenters. The number of hydrogen-bond acceptors (Lipinski definition) is 7. The molecule has 0 radical (unpaired) electrons. The van der Waals surface area contributed by atoms with Crippen molar-refractivity contribution >= 4 is 39.9 Å². The van der Waals surface area contributed by atoms with Gasteiger partial charge in [-0.25, -0.2) is 13.9 Å². The third-order valence-corrected chi connectivity index (χ3v) is 7.73. The summed E-state index contributed by atoms with van der Waals surface area (Å²) < 4.78 is 19.7. The zero-order valence-electron chi connectivity index (χ0n) is 18.3. The van der Waals surface area contributed by atoms with Crippen LogP contribution < -0.4 is 10.2 Å². The van der Waals surface area contributed by atoms with E-state index in [0.717, 1.165) is 40.5 Å². The van der Waals surface area contributed by atoms with Crippen LogP contribution in [0.25, 0.3) is 16.8 Å². The molecule has 33 heavy (non-hydrogen) atoms. The van der Waals surface area contributed by atoms with Crippen LogP contribution in [-0.2, 0) is 0 Å². The maximum atomic E-state index is 13.6. The molecule has 0 aliphatic carbocycles. The predicted octanol–water partition coefficient (Wildman–Crippen LogP) is 5.27. The van der Waals surface area contributed by atoms with Gasteiger partial charge in [-0.3, -0.25) is 0 Å². The van der Waals surface area contributed by atoms with E-state index >= 15 is 0 Å². The molecule has 170 valence electrons. The molecule has 2 atom stereocenters. The second-order valence-electron chi connectivity index (χ2n) is 8.99. The molecular weight excluding hydrogens is 461 g/mol. The lowest BCUT2D eigenvalue weighted by Gasteiger charge is -2.38. The minimum atomic E-state index is -0.360. The first-order valence-corrected chi connectivity index (χ1v) is 12.3. The quantitative estimate of drug-likeness (QED) is 0.426. The molecule has 7 nitrogen and oxygen atoms in total. The van der Waals surface area contributed by atoms with Gasteiger partial charge in [-0.05, 0) is 69.4 Å². The van der Waals surface area contributed by atoms with Gasteiger partial charge in [0.2, 0.25) is 11.1 Å². The topological polar surface area (TPSA) is 71.2 Å². The van der Waals surface area contributed by atoms with Crippen molar-refractivity contribution in [1.29, 1.82) is 0 Å². The summed E-state index contributed by atoms with van der Waals surface area (Å²) >= 11 is 7.85. The summed E-state index contributed by atoms with van der Waals surface area (Å²) in [6, 6.07) is 7.66. The molecule has 6 rings (SSSR count). The fraction of sp³-hybridized carbons (Fsp3) is 0.391. The lowest BCUT2D eigenvalue weighted by Crippen LogP contribution is -2.47. The predicted molar refractivity (Wildman–Crippen MR) is 129 cm³/mol. The molecule has 10 heteroatoms. The molecule has 2 bridgehead atoms. The third kappa shape index (κ3) is 3.73. The Morgan fingerprint density at radius 2 is 1.88 bits per heavy atom. The van der Waals surface area contributed by atoms with Gasteiger partial charge in [0.25, 0.3) is 0 Å². The summed E-state index contributed by atoms with van der Waals surface area (Å²) in [6.07, 6.45) is 6.32. The lowest BCUT2D eigenvalue weighted by molar-refractivity contribution is 0.431. The van der Waals surface area contributed by atoms with Crippen LogP contribution in [0.5, 0.6) is 0 Å². The molecule has 2 aliphatic heterocycles. The van der Waals surface area contributed by atoms with E-state index in [-0.39, 0.29) is 5.82 Å². The Morgan fingerprint density at radius 1 is 1.09 bits per heavy atom. The van der Waals surface area contributed by atoms with Crippen LogP contribution >= 0.6 is 23.1 Å². The Labute approximate surface area is 199 Å². The van der Waals surface area contributed by atoms with Gasteiger partial charge in [0, 0.05) is 47.0 Å². The van der Waals surface area contributed by atoms with Gasteiger partial charge in [-0.2, -0.15) is 9.36 Å². The van der Waals surface area contributed by atoms with Crippen molar-refractivity contribution < 1.29 is 4.39 Å². The zero-order valence-corrected chi connectivity index (χ0v) is 19.9. The van der Waals surface area contributed by atoms with E-state index in [0.29, 0.717) is 34.7 Å². The van der Waals surface area contributed by atoms with E-state index < -0.39 is 0 Å². The van der Waals surface area contributed by atoms with Crippen molar-refractivity contribution in [1.82, 2.24) is 24.0 Å². The maximum absolute atomic E-state index is 13.6. The van der Waals surface area contributed by atoms with Gasteiger partial charge in [0.1, 0.15) is 11.6 Å². The number of aryl methyl sites for hydroxylation is 2. The first-order chi connectivity index (χ1) is 15.9. The number of piperidine rings is 1. The largest absolute Gasteiger partial charge is 0.350 e. The van der Waals surface area contributed by atoms with E-state index in [1.807, 2.05) is 26.1 Å². The Kier molecular flexibility index (Phi) is 4.99. The van der Waals surface area contributed by atoms with Crippen LogP contribution in [0.15, 0.2) is 30.5 Å². The Balaban J connectivity index is 1.27. The first-order valence-electron chi connectivity index (χ1n) is 11.1. The van der Waals surface area contributed by atoms with Crippen molar-refractivity contribution in [2.45, 2.75) is 57.7 Å². The molecule has 1 N–H and O–H groups in total. The highest BCUT2D eigenvalue weighted by atomic mass is 35.5. The normalized spacial score (nSPS) is 22.3. The maximum Gasteiger partial charge on any atom is 0.243 e. The van der Waals surface area contributed by atoms with Crippen molar-refractivity contribution in [3.63, 3.8) is 0 Å². The number of nitrogens with zero attached hydrogens (tertiary/aromatic N) is 6. The summed E-state index contributed by atoms with van der Waals surface area (Å²) in [5.74, 6) is 1.08. The Bertz CT molecular complexity index is 1340. The van der Waals surface area contributed by atoms with Gasteiger partial charge in [0.05, 0.1) is 5.02 Å². The summed E-state index contributed by atoms with van der Waals surface area (Å²) in [5.41, 5.74) is 3.29. The van der Waals surface area contributed by atoms with Crippen molar-refractivity contribution in [2.24, 2.45) is 0 Å². The number of aromatic nitrogens is 5. The van der Waals surface area contributed by atoms with E-state index in [2.05, 4.69) is 19.6 Å². The Morgan fingerprint density at radius 3 is 2.58 bits per heavy atom. The third-order valence-electron chi connectivity index (χ3n) is 6.60. The number of hydrogen-bond donors (Lipinski definition) is 1. The van der Waals surface area contributed by atoms with Crippen LogP contribution in [0, 0.1) is 19.7 Å². The summed E-state index contributed by atoms with van der Waals surface area (Å²) in [7, 11) is 0. The monoisotopic (exact) mass is 483 g/mol. The molecule has 0 saturated carbocycles. The fourth-order valence-corrected chi connectivity index (χ4v) is 6.36. The van der Waals surface area contributed by atoms with Gasteiger partial charge in [-0.15, -0.1) is 5.10 Å². The number of fused-ring (bicyclic) bond motifs is 3. The average Bonchev–Trinajstić information content (AvgIpc) is 3.43. The molecule has 1 aromatic carbocycles. The van der Waals surface area contributed by atoms with Crippen LogP contribution in [0.3, 0.4) is 0 Å². The van der Waals surface area contributed by atoms with Gasteiger partial charge in [-0.1, -0.05) is 11.6 Å². The summed E-state index contributed by atoms with van der Waals surface area (Å²) in [6.45, 7) is 3.94. The molecule has 2 aliphatic rings. The minimum Gasteiger partial charge on any atom is -0.350 e. The van der Waals surface area contributed by atoms with Gasteiger partial charge in [0.15, 0.2) is 5.65 Å². The van der Waals surface area contributed by atoms with E-state index in [9.17, 15) is 4.39 Å². The van der Waals surface area contributed by atoms with Crippen molar-refractivity contribution in [2.75, 3.05) is 10.2 Å². The lowest BCUT2D eigenvalue weighted by atomic mass is 9.98. The SMILES string of the molecule is Cc1cc(-c2ccc(F)cc2Cl)c2nc(NC3CC4CCC(C3)N4c3nc(C)ns3)nn2c1. The summed E-state index contributed by atoms with van der Waals surface area (Å²) in [4.78, 5) is 11.9. The molecule has 5 heterocycles. The van der Waals surface area contributed by atoms with Gasteiger partial charge >= 0.3 is 0 Å². The standard InChI is InChI=1S/C23H23ClFN7S/c1-12-7-19(18-6-3-14(25)8-20(18)24)21-28-22(29-31(21)11-12)27-15-9-16-4-5-17(10-15)32(16)23-26-13(2)30-33-23/h3,6-8,11,15-17H,4-5,9-10H2,1-2H3,(H,27,29). The molecule has 4 aromatic rings. The van der Waals surface area contributed by atoms with Crippen LogP contribution in [0.4, 0.5) is 15.5 Å². The fourth-order valence-electron chi connectivity index (χ4n) is 5.27. The number of rotatable bonds is 4. The highest BCUT2D eigenvalue weighted by Gasteiger charge is 2.42. The zero-order chi connectivity index (χ0) is 22.7. The van der Waals surface area contributed by atoms with Crippen LogP contribution in [0.2, 0.25) is 5.02 Å². The van der Waals surface area contributed by atoms with E-state index in [4.69, 9.17) is 21.7 Å². The molecule has 2 fully saturated rings. The summed E-state index contributed by atoms with van der Waals surface area (Å²) in [5, 5.41) is 9.67. The second kappa shape index (κ2) is 7.92. The first kappa shape index (κ1) is 20.8. The smallest absolute Gasteiger partial charge is 0.243 e. The van der Waals surface area contributed by atoms with Crippen LogP contribution in [-0.4, -0.2) is 42.1 Å². The average molecular weight is 484 g/mol.